The fourth-order valence-corrected chi connectivity index (χ4v) is 2.96. The Balaban J connectivity index is 1.76. The third kappa shape index (κ3) is 5.50. The molecule has 1 aromatic carbocycles. The number of amides is 2. The van der Waals surface area contributed by atoms with Crippen LogP contribution in [0.2, 0.25) is 0 Å². The van der Waals surface area contributed by atoms with Gasteiger partial charge in [-0.15, -0.1) is 0 Å². The second-order valence-electron chi connectivity index (χ2n) is 7.06. The van der Waals surface area contributed by atoms with Gasteiger partial charge in [0.15, 0.2) is 23.9 Å². The molecule has 2 heterocycles. The average Bonchev–Trinajstić information content (AvgIpc) is 3.49. The molecule has 0 saturated heterocycles. The van der Waals surface area contributed by atoms with E-state index in [2.05, 4.69) is 15.7 Å². The first-order chi connectivity index (χ1) is 15.8. The molecule has 0 unspecified atom stereocenters. The summed E-state index contributed by atoms with van der Waals surface area (Å²) in [6, 6.07) is 7.46. The van der Waals surface area contributed by atoms with Gasteiger partial charge in [0.25, 0.3) is 11.8 Å². The quantitative estimate of drug-likeness (QED) is 0.469. The van der Waals surface area contributed by atoms with Crippen molar-refractivity contribution < 1.29 is 33.0 Å². The lowest BCUT2D eigenvalue weighted by molar-refractivity contribution is -0.119. The number of carbonyl (C=O) groups is 3. The van der Waals surface area contributed by atoms with Crippen molar-refractivity contribution in [2.45, 2.75) is 19.9 Å². The van der Waals surface area contributed by atoms with Crippen LogP contribution in [0.15, 0.2) is 47.2 Å². The lowest BCUT2D eigenvalue weighted by Gasteiger charge is -2.15. The maximum atomic E-state index is 12.8. The van der Waals surface area contributed by atoms with Gasteiger partial charge in [0, 0.05) is 24.2 Å². The number of furan rings is 1. The van der Waals surface area contributed by atoms with E-state index in [1.807, 2.05) is 13.8 Å². The van der Waals surface area contributed by atoms with Crippen LogP contribution in [-0.4, -0.2) is 48.4 Å². The van der Waals surface area contributed by atoms with E-state index >= 15 is 0 Å². The van der Waals surface area contributed by atoms with Gasteiger partial charge in [-0.2, -0.15) is 5.10 Å². The Labute approximate surface area is 189 Å². The van der Waals surface area contributed by atoms with Gasteiger partial charge < -0.3 is 29.3 Å². The molecule has 0 aliphatic heterocycles. The zero-order valence-corrected chi connectivity index (χ0v) is 18.6. The number of benzene rings is 1. The highest BCUT2D eigenvalue weighted by Gasteiger charge is 2.22. The Morgan fingerprint density at radius 3 is 2.45 bits per heavy atom. The standard InChI is InChI=1S/C22H24N4O7/c1-13(2)26-19(7-8-23-26)25-20(27)12-33-22(29)14-10-17(30-3)18(31-4)11-15(14)24-21(28)16-6-5-9-32-16/h5-11,13H,12H2,1-4H3,(H,24,28)(H,25,27). The van der Waals surface area contributed by atoms with Crippen LogP contribution in [0.1, 0.15) is 40.8 Å². The van der Waals surface area contributed by atoms with Crippen molar-refractivity contribution in [3.05, 3.63) is 54.1 Å². The summed E-state index contributed by atoms with van der Waals surface area (Å²) in [5, 5.41) is 9.35. The van der Waals surface area contributed by atoms with Gasteiger partial charge in [0.2, 0.25) is 0 Å². The van der Waals surface area contributed by atoms with Gasteiger partial charge >= 0.3 is 5.97 Å². The number of hydrogen-bond acceptors (Lipinski definition) is 8. The highest BCUT2D eigenvalue weighted by molar-refractivity contribution is 6.07. The lowest BCUT2D eigenvalue weighted by atomic mass is 10.1. The van der Waals surface area contributed by atoms with Crippen LogP contribution in [0.5, 0.6) is 11.5 Å². The molecule has 0 saturated carbocycles. The van der Waals surface area contributed by atoms with Crippen molar-refractivity contribution in [3.8, 4) is 11.5 Å². The molecule has 0 radical (unpaired) electrons. The van der Waals surface area contributed by atoms with Crippen molar-refractivity contribution in [3.63, 3.8) is 0 Å². The summed E-state index contributed by atoms with van der Waals surface area (Å²) in [6.07, 6.45) is 2.90. The Morgan fingerprint density at radius 2 is 1.82 bits per heavy atom. The first-order valence-corrected chi connectivity index (χ1v) is 9.95. The van der Waals surface area contributed by atoms with Gasteiger partial charge in [-0.25, -0.2) is 9.48 Å². The Kier molecular flexibility index (Phi) is 7.34. The molecule has 2 amide bonds. The minimum atomic E-state index is -0.849. The third-order valence-corrected chi connectivity index (χ3v) is 4.50. The number of carbonyl (C=O) groups excluding carboxylic acids is 3. The van der Waals surface area contributed by atoms with Crippen molar-refractivity contribution in [1.29, 1.82) is 0 Å². The van der Waals surface area contributed by atoms with E-state index in [1.54, 1.807) is 23.0 Å². The number of methoxy groups -OCH3 is 2. The number of hydrogen-bond donors (Lipinski definition) is 2. The van der Waals surface area contributed by atoms with E-state index in [0.29, 0.717) is 5.82 Å². The van der Waals surface area contributed by atoms with E-state index in [-0.39, 0.29) is 34.6 Å². The predicted octanol–water partition coefficient (Wildman–Crippen LogP) is 3.12. The largest absolute Gasteiger partial charge is 0.493 e. The summed E-state index contributed by atoms with van der Waals surface area (Å²) in [5.74, 6) is -0.936. The fourth-order valence-electron chi connectivity index (χ4n) is 2.96. The Morgan fingerprint density at radius 1 is 1.09 bits per heavy atom. The Bertz CT molecular complexity index is 1140. The van der Waals surface area contributed by atoms with Crippen molar-refractivity contribution >= 4 is 29.3 Å². The molecule has 33 heavy (non-hydrogen) atoms. The third-order valence-electron chi connectivity index (χ3n) is 4.50. The van der Waals surface area contributed by atoms with Crippen molar-refractivity contribution in [1.82, 2.24) is 9.78 Å². The van der Waals surface area contributed by atoms with Crippen LogP contribution in [0, 0.1) is 0 Å². The van der Waals surface area contributed by atoms with Gasteiger partial charge in [0.1, 0.15) is 5.82 Å². The number of ether oxygens (including phenoxy) is 3. The van der Waals surface area contributed by atoms with Crippen LogP contribution >= 0.6 is 0 Å². The number of nitrogens with zero attached hydrogens (tertiary/aromatic N) is 2. The molecule has 0 bridgehead atoms. The van der Waals surface area contributed by atoms with Gasteiger partial charge in [-0.05, 0) is 26.0 Å². The molecule has 11 nitrogen and oxygen atoms in total. The highest BCUT2D eigenvalue weighted by atomic mass is 16.5. The summed E-state index contributed by atoms with van der Waals surface area (Å²) in [7, 11) is 2.82. The normalized spacial score (nSPS) is 10.6. The summed E-state index contributed by atoms with van der Waals surface area (Å²) >= 11 is 0. The van der Waals surface area contributed by atoms with Gasteiger partial charge in [0.05, 0.1) is 37.9 Å². The maximum absolute atomic E-state index is 12.8. The van der Waals surface area contributed by atoms with E-state index in [9.17, 15) is 14.4 Å². The monoisotopic (exact) mass is 456 g/mol. The maximum Gasteiger partial charge on any atom is 0.340 e. The summed E-state index contributed by atoms with van der Waals surface area (Å²) in [6.45, 7) is 3.28. The number of esters is 1. The first kappa shape index (κ1) is 23.4. The lowest BCUT2D eigenvalue weighted by Crippen LogP contribution is -2.23. The van der Waals surface area contributed by atoms with Crippen molar-refractivity contribution in [2.75, 3.05) is 31.5 Å². The Hall–Kier alpha value is -4.28. The minimum Gasteiger partial charge on any atom is -0.493 e. The molecule has 2 N–H and O–H groups in total. The molecule has 11 heteroatoms. The number of aromatic nitrogens is 2. The zero-order valence-electron chi connectivity index (χ0n) is 18.6. The van der Waals surface area contributed by atoms with E-state index in [0.717, 1.165) is 0 Å². The second kappa shape index (κ2) is 10.4. The van der Waals surface area contributed by atoms with E-state index < -0.39 is 24.4 Å². The highest BCUT2D eigenvalue weighted by Crippen LogP contribution is 2.34. The second-order valence-corrected chi connectivity index (χ2v) is 7.06. The van der Waals surface area contributed by atoms with Crippen LogP contribution in [0.3, 0.4) is 0 Å². The van der Waals surface area contributed by atoms with Crippen LogP contribution in [0.4, 0.5) is 11.5 Å². The minimum absolute atomic E-state index is 0.0324. The van der Waals surface area contributed by atoms with E-state index in [4.69, 9.17) is 18.6 Å². The molecule has 0 atom stereocenters. The molecule has 2 aromatic heterocycles. The van der Waals surface area contributed by atoms with E-state index in [1.165, 1.54) is 38.7 Å². The average molecular weight is 456 g/mol. The predicted molar refractivity (Wildman–Crippen MR) is 118 cm³/mol. The molecule has 0 aliphatic carbocycles. The topological polar surface area (TPSA) is 134 Å². The summed E-state index contributed by atoms with van der Waals surface area (Å²) in [4.78, 5) is 37.5. The SMILES string of the molecule is COc1cc(NC(=O)c2ccco2)c(C(=O)OCC(=O)Nc2ccnn2C(C)C)cc1OC. The summed E-state index contributed by atoms with van der Waals surface area (Å²) < 4.78 is 22.4. The molecule has 0 aliphatic rings. The van der Waals surface area contributed by atoms with Crippen LogP contribution in [0.25, 0.3) is 0 Å². The van der Waals surface area contributed by atoms with Gasteiger partial charge in [-0.1, -0.05) is 0 Å². The molecule has 3 rings (SSSR count). The van der Waals surface area contributed by atoms with Crippen LogP contribution < -0.4 is 20.1 Å². The first-order valence-electron chi connectivity index (χ1n) is 9.95. The zero-order chi connectivity index (χ0) is 24.0. The van der Waals surface area contributed by atoms with Crippen molar-refractivity contribution in [2.24, 2.45) is 0 Å². The smallest absolute Gasteiger partial charge is 0.340 e. The van der Waals surface area contributed by atoms with Gasteiger partial charge in [-0.3, -0.25) is 9.59 Å². The number of anilines is 2. The molecule has 0 spiro atoms. The molecule has 3 aromatic rings. The van der Waals surface area contributed by atoms with Crippen LogP contribution in [-0.2, 0) is 9.53 Å². The number of nitrogens with one attached hydrogen (secondary N) is 2. The number of rotatable bonds is 9. The fraction of sp³-hybridized carbons (Fsp3) is 0.273. The molecule has 174 valence electrons. The molecular formula is C22H24N4O7. The molecular weight excluding hydrogens is 432 g/mol. The summed E-state index contributed by atoms with van der Waals surface area (Å²) in [5.41, 5.74) is 0.0601. The molecule has 0 fully saturated rings.